The lowest BCUT2D eigenvalue weighted by atomic mass is 9.99. The number of esters is 1. The molecule has 0 fully saturated rings. The van der Waals surface area contributed by atoms with Crippen LogP contribution in [0.3, 0.4) is 0 Å². The average Bonchev–Trinajstić information content (AvgIpc) is 2.00. The summed E-state index contributed by atoms with van der Waals surface area (Å²) < 4.78 is 4.73. The van der Waals surface area contributed by atoms with Gasteiger partial charge in [-0.25, -0.2) is 0 Å². The molecule has 3 heteroatoms. The van der Waals surface area contributed by atoms with E-state index in [0.717, 1.165) is 0 Å². The number of nitrogens with zero attached hydrogens (tertiary/aromatic N) is 1. The largest absolute Gasteiger partial charge is 0.465 e. The van der Waals surface area contributed by atoms with Gasteiger partial charge in [0, 0.05) is 0 Å². The highest BCUT2D eigenvalue weighted by Gasteiger charge is 2.19. The van der Waals surface area contributed by atoms with Crippen LogP contribution in [0.5, 0.6) is 0 Å². The first kappa shape index (κ1) is 11.0. The van der Waals surface area contributed by atoms with Gasteiger partial charge in [0.25, 0.3) is 0 Å². The Labute approximate surface area is 73.3 Å². The summed E-state index contributed by atoms with van der Waals surface area (Å²) in [6.45, 7) is 6.03. The van der Waals surface area contributed by atoms with Crippen LogP contribution < -0.4 is 0 Å². The summed E-state index contributed by atoms with van der Waals surface area (Å²) in [7, 11) is 0. The minimum Gasteiger partial charge on any atom is -0.465 e. The van der Waals surface area contributed by atoms with Gasteiger partial charge in [0.2, 0.25) is 0 Å². The van der Waals surface area contributed by atoms with E-state index in [1.807, 2.05) is 19.9 Å². The lowest BCUT2D eigenvalue weighted by Gasteiger charge is -2.09. The van der Waals surface area contributed by atoms with Gasteiger partial charge in [0.1, 0.15) is 5.92 Å². The zero-order valence-electron chi connectivity index (χ0n) is 7.83. The second-order valence-corrected chi connectivity index (χ2v) is 3.06. The number of carbonyl (C=O) groups excluding carboxylic acids is 1. The van der Waals surface area contributed by atoms with Crippen LogP contribution in [0.4, 0.5) is 0 Å². The van der Waals surface area contributed by atoms with Crippen molar-refractivity contribution in [3.8, 4) is 6.07 Å². The van der Waals surface area contributed by atoms with Gasteiger partial charge in [-0.2, -0.15) is 5.26 Å². The molecular weight excluding hydrogens is 154 g/mol. The highest BCUT2D eigenvalue weighted by Crippen LogP contribution is 2.12. The van der Waals surface area contributed by atoms with Gasteiger partial charge in [-0.05, 0) is 19.3 Å². The van der Waals surface area contributed by atoms with Gasteiger partial charge in [0.15, 0.2) is 0 Å². The Morgan fingerprint density at radius 1 is 1.58 bits per heavy atom. The SMILES string of the molecule is CCOC(=O)[C@@H](C#N)CC(C)C. The number of hydrogen-bond donors (Lipinski definition) is 0. The summed E-state index contributed by atoms with van der Waals surface area (Å²) in [5, 5.41) is 8.62. The molecule has 0 aliphatic heterocycles. The maximum absolute atomic E-state index is 11.1. The van der Waals surface area contributed by atoms with E-state index < -0.39 is 11.9 Å². The van der Waals surface area contributed by atoms with Gasteiger partial charge in [0.05, 0.1) is 12.7 Å². The molecule has 3 nitrogen and oxygen atoms in total. The van der Waals surface area contributed by atoms with Crippen LogP contribution in [0, 0.1) is 23.2 Å². The summed E-state index contributed by atoms with van der Waals surface area (Å²) in [5.41, 5.74) is 0. The van der Waals surface area contributed by atoms with Crippen molar-refractivity contribution in [3.05, 3.63) is 0 Å². The normalized spacial score (nSPS) is 12.2. The predicted molar refractivity (Wildman–Crippen MR) is 45.2 cm³/mol. The van der Waals surface area contributed by atoms with Crippen molar-refractivity contribution in [3.63, 3.8) is 0 Å². The maximum Gasteiger partial charge on any atom is 0.323 e. The Bertz CT molecular complexity index is 181. The van der Waals surface area contributed by atoms with E-state index in [1.54, 1.807) is 6.92 Å². The van der Waals surface area contributed by atoms with E-state index >= 15 is 0 Å². The van der Waals surface area contributed by atoms with E-state index in [0.29, 0.717) is 18.9 Å². The number of ether oxygens (including phenoxy) is 1. The number of hydrogen-bond acceptors (Lipinski definition) is 3. The summed E-state index contributed by atoms with van der Waals surface area (Å²) in [5.74, 6) is -0.641. The Morgan fingerprint density at radius 2 is 2.17 bits per heavy atom. The van der Waals surface area contributed by atoms with Crippen molar-refractivity contribution in [1.82, 2.24) is 0 Å². The molecule has 0 unspecified atom stereocenters. The molecule has 0 spiro atoms. The first-order valence-corrected chi connectivity index (χ1v) is 4.18. The molecule has 0 saturated carbocycles. The van der Waals surface area contributed by atoms with E-state index in [9.17, 15) is 4.79 Å². The number of rotatable bonds is 4. The van der Waals surface area contributed by atoms with Crippen LogP contribution in [0.1, 0.15) is 27.2 Å². The maximum atomic E-state index is 11.1. The van der Waals surface area contributed by atoms with E-state index in [2.05, 4.69) is 0 Å². The second kappa shape index (κ2) is 5.59. The molecule has 0 heterocycles. The Hall–Kier alpha value is -1.04. The third-order valence-electron chi connectivity index (χ3n) is 1.43. The van der Waals surface area contributed by atoms with Gasteiger partial charge >= 0.3 is 5.97 Å². The highest BCUT2D eigenvalue weighted by atomic mass is 16.5. The Balaban J connectivity index is 3.99. The molecule has 0 rings (SSSR count). The molecule has 12 heavy (non-hydrogen) atoms. The third-order valence-corrected chi connectivity index (χ3v) is 1.43. The monoisotopic (exact) mass is 169 g/mol. The summed E-state index contributed by atoms with van der Waals surface area (Å²) >= 11 is 0. The minimum atomic E-state index is -0.593. The summed E-state index contributed by atoms with van der Waals surface area (Å²) in [6, 6.07) is 1.94. The van der Waals surface area contributed by atoms with Gasteiger partial charge in [-0.1, -0.05) is 13.8 Å². The quantitative estimate of drug-likeness (QED) is 0.602. The van der Waals surface area contributed by atoms with Gasteiger partial charge in [-0.3, -0.25) is 4.79 Å². The van der Waals surface area contributed by atoms with E-state index in [-0.39, 0.29) is 0 Å². The molecule has 0 aliphatic carbocycles. The predicted octanol–water partition coefficient (Wildman–Crippen LogP) is 1.74. The molecule has 0 aromatic heterocycles. The number of carbonyl (C=O) groups is 1. The van der Waals surface area contributed by atoms with Crippen LogP contribution in [0.25, 0.3) is 0 Å². The van der Waals surface area contributed by atoms with Gasteiger partial charge < -0.3 is 4.74 Å². The molecule has 0 saturated heterocycles. The summed E-state index contributed by atoms with van der Waals surface area (Å²) in [4.78, 5) is 11.1. The molecule has 0 radical (unpaired) electrons. The Morgan fingerprint density at radius 3 is 2.50 bits per heavy atom. The fraction of sp³-hybridized carbons (Fsp3) is 0.778. The second-order valence-electron chi connectivity index (χ2n) is 3.06. The van der Waals surface area contributed by atoms with Crippen molar-refractivity contribution in [1.29, 1.82) is 5.26 Å². The van der Waals surface area contributed by atoms with Crippen molar-refractivity contribution in [2.24, 2.45) is 11.8 Å². The van der Waals surface area contributed by atoms with Crippen LogP contribution in [0.15, 0.2) is 0 Å². The summed E-state index contributed by atoms with van der Waals surface area (Å²) in [6.07, 6.45) is 0.579. The lowest BCUT2D eigenvalue weighted by Crippen LogP contribution is -2.17. The van der Waals surface area contributed by atoms with Crippen LogP contribution >= 0.6 is 0 Å². The minimum absolute atomic E-state index is 0.342. The van der Waals surface area contributed by atoms with Crippen LogP contribution in [0.2, 0.25) is 0 Å². The first-order chi connectivity index (χ1) is 5.61. The molecular formula is C9H15NO2. The highest BCUT2D eigenvalue weighted by molar-refractivity contribution is 5.75. The molecule has 0 N–H and O–H groups in total. The molecule has 0 aromatic carbocycles. The van der Waals surface area contributed by atoms with Crippen LogP contribution in [-0.4, -0.2) is 12.6 Å². The smallest absolute Gasteiger partial charge is 0.323 e. The zero-order valence-corrected chi connectivity index (χ0v) is 7.83. The molecule has 0 aromatic rings. The molecule has 1 atom stereocenters. The van der Waals surface area contributed by atoms with Crippen molar-refractivity contribution in [2.45, 2.75) is 27.2 Å². The zero-order chi connectivity index (χ0) is 9.56. The van der Waals surface area contributed by atoms with Crippen LogP contribution in [-0.2, 0) is 9.53 Å². The van der Waals surface area contributed by atoms with Crippen molar-refractivity contribution >= 4 is 5.97 Å². The molecule has 0 aliphatic rings. The fourth-order valence-electron chi connectivity index (χ4n) is 0.916. The first-order valence-electron chi connectivity index (χ1n) is 4.18. The molecule has 0 amide bonds. The number of nitriles is 1. The lowest BCUT2D eigenvalue weighted by molar-refractivity contribution is -0.146. The standard InChI is InChI=1S/C9H15NO2/c1-4-12-9(11)8(6-10)5-7(2)3/h7-8H,4-5H2,1-3H3/t8-/m1/s1. The molecule has 0 bridgehead atoms. The fourth-order valence-corrected chi connectivity index (χ4v) is 0.916. The topological polar surface area (TPSA) is 50.1 Å². The average molecular weight is 169 g/mol. The van der Waals surface area contributed by atoms with E-state index in [4.69, 9.17) is 10.00 Å². The van der Waals surface area contributed by atoms with Gasteiger partial charge in [-0.15, -0.1) is 0 Å². The van der Waals surface area contributed by atoms with E-state index in [1.165, 1.54) is 0 Å². The Kier molecular flexibility index (Phi) is 5.11. The van der Waals surface area contributed by atoms with Crippen molar-refractivity contribution < 1.29 is 9.53 Å². The molecule has 68 valence electrons. The third kappa shape index (κ3) is 3.97. The van der Waals surface area contributed by atoms with Crippen molar-refractivity contribution in [2.75, 3.05) is 6.61 Å².